The highest BCUT2D eigenvalue weighted by Crippen LogP contribution is 2.36. The Labute approximate surface area is 153 Å². The second-order valence-electron chi connectivity index (χ2n) is 8.58. The lowest BCUT2D eigenvalue weighted by molar-refractivity contribution is -0.134. The number of nitrogens with one attached hydrogen (secondary N) is 1. The van der Waals surface area contributed by atoms with E-state index in [0.717, 1.165) is 37.3 Å². The van der Waals surface area contributed by atoms with Gasteiger partial charge in [-0.25, -0.2) is 0 Å². The summed E-state index contributed by atoms with van der Waals surface area (Å²) in [6.45, 7) is 2.39. The van der Waals surface area contributed by atoms with Gasteiger partial charge in [-0.1, -0.05) is 51.4 Å². The maximum atomic E-state index is 12.4. The van der Waals surface area contributed by atoms with Gasteiger partial charge in [-0.05, 0) is 37.0 Å². The lowest BCUT2D eigenvalue weighted by atomic mass is 9.75. The van der Waals surface area contributed by atoms with E-state index in [1.54, 1.807) is 0 Å². The minimum Gasteiger partial charge on any atom is -0.356 e. The van der Waals surface area contributed by atoms with Gasteiger partial charge >= 0.3 is 0 Å². The van der Waals surface area contributed by atoms with Crippen molar-refractivity contribution in [3.05, 3.63) is 0 Å². The second kappa shape index (κ2) is 9.59. The van der Waals surface area contributed by atoms with Crippen LogP contribution in [0.3, 0.4) is 0 Å². The molecule has 0 aromatic carbocycles. The molecule has 0 radical (unpaired) electrons. The smallest absolute Gasteiger partial charge is 0.224 e. The molecule has 2 saturated carbocycles. The fraction of sp³-hybridized carbons (Fsp3) is 0.905. The average molecular weight is 349 g/mol. The van der Waals surface area contributed by atoms with E-state index in [1.165, 1.54) is 64.2 Å². The Balaban J connectivity index is 1.29. The fourth-order valence-electron chi connectivity index (χ4n) is 5.19. The van der Waals surface area contributed by atoms with Gasteiger partial charge in [-0.15, -0.1) is 0 Å². The van der Waals surface area contributed by atoms with Crippen molar-refractivity contribution in [1.82, 2.24) is 10.2 Å². The SMILES string of the molecule is O=C(CCC1CCCCC1)NCCC(=O)N1CCC2CCCCC2C1. The van der Waals surface area contributed by atoms with Crippen LogP contribution in [-0.2, 0) is 9.59 Å². The Morgan fingerprint density at radius 1 is 0.840 bits per heavy atom. The molecule has 0 bridgehead atoms. The fourth-order valence-corrected chi connectivity index (χ4v) is 5.19. The van der Waals surface area contributed by atoms with Crippen molar-refractivity contribution < 1.29 is 9.59 Å². The van der Waals surface area contributed by atoms with E-state index in [2.05, 4.69) is 10.2 Å². The molecule has 142 valence electrons. The van der Waals surface area contributed by atoms with Crippen LogP contribution >= 0.6 is 0 Å². The number of hydrogen-bond acceptors (Lipinski definition) is 2. The lowest BCUT2D eigenvalue weighted by Crippen LogP contribution is -2.45. The van der Waals surface area contributed by atoms with Crippen molar-refractivity contribution in [1.29, 1.82) is 0 Å². The summed E-state index contributed by atoms with van der Waals surface area (Å²) in [7, 11) is 0. The number of hydrogen-bond donors (Lipinski definition) is 1. The highest BCUT2D eigenvalue weighted by atomic mass is 16.2. The van der Waals surface area contributed by atoms with Gasteiger partial charge in [-0.2, -0.15) is 0 Å². The zero-order chi connectivity index (χ0) is 17.5. The third kappa shape index (κ3) is 5.72. The van der Waals surface area contributed by atoms with Crippen LogP contribution in [0.25, 0.3) is 0 Å². The van der Waals surface area contributed by atoms with Crippen LogP contribution < -0.4 is 5.32 Å². The summed E-state index contributed by atoms with van der Waals surface area (Å²) in [5.41, 5.74) is 0. The van der Waals surface area contributed by atoms with Crippen molar-refractivity contribution in [3.63, 3.8) is 0 Å². The van der Waals surface area contributed by atoms with Crippen LogP contribution in [0.15, 0.2) is 0 Å². The van der Waals surface area contributed by atoms with Crippen molar-refractivity contribution in [2.75, 3.05) is 19.6 Å². The maximum Gasteiger partial charge on any atom is 0.224 e. The molecule has 3 rings (SSSR count). The molecule has 3 fully saturated rings. The predicted octanol–water partition coefficient (Wildman–Crippen LogP) is 3.89. The number of fused-ring (bicyclic) bond motifs is 1. The zero-order valence-electron chi connectivity index (χ0n) is 15.8. The van der Waals surface area contributed by atoms with Crippen LogP contribution in [-0.4, -0.2) is 36.3 Å². The number of carbonyl (C=O) groups is 2. The Kier molecular flexibility index (Phi) is 7.18. The number of nitrogens with zero attached hydrogens (tertiary/aromatic N) is 1. The molecule has 1 saturated heterocycles. The number of carbonyl (C=O) groups excluding carboxylic acids is 2. The molecule has 0 spiro atoms. The first-order valence-electron chi connectivity index (χ1n) is 10.8. The normalized spacial score (nSPS) is 27.6. The Hall–Kier alpha value is -1.06. The summed E-state index contributed by atoms with van der Waals surface area (Å²) >= 11 is 0. The molecule has 0 aromatic heterocycles. The molecule has 2 unspecified atom stereocenters. The second-order valence-corrected chi connectivity index (χ2v) is 8.58. The molecule has 4 nitrogen and oxygen atoms in total. The van der Waals surface area contributed by atoms with Crippen molar-refractivity contribution in [2.24, 2.45) is 17.8 Å². The minimum atomic E-state index is 0.129. The molecule has 1 aliphatic heterocycles. The van der Waals surface area contributed by atoms with E-state index < -0.39 is 0 Å². The molecular weight excluding hydrogens is 312 g/mol. The van der Waals surface area contributed by atoms with Crippen LogP contribution in [0, 0.1) is 17.8 Å². The molecule has 0 aromatic rings. The summed E-state index contributed by atoms with van der Waals surface area (Å²) in [5, 5.41) is 2.96. The number of piperidine rings is 1. The van der Waals surface area contributed by atoms with Crippen LogP contribution in [0.1, 0.15) is 83.5 Å². The first-order chi connectivity index (χ1) is 12.2. The third-order valence-corrected chi connectivity index (χ3v) is 6.81. The summed E-state index contributed by atoms with van der Waals surface area (Å²) in [6, 6.07) is 0. The molecule has 2 aliphatic carbocycles. The van der Waals surface area contributed by atoms with E-state index in [-0.39, 0.29) is 11.8 Å². The largest absolute Gasteiger partial charge is 0.356 e. The Morgan fingerprint density at radius 3 is 2.36 bits per heavy atom. The molecule has 25 heavy (non-hydrogen) atoms. The summed E-state index contributed by atoms with van der Waals surface area (Å²) in [6.07, 6.45) is 15.3. The van der Waals surface area contributed by atoms with Gasteiger partial charge in [0.1, 0.15) is 0 Å². The first kappa shape index (κ1) is 18.7. The first-order valence-corrected chi connectivity index (χ1v) is 10.8. The topological polar surface area (TPSA) is 49.4 Å². The van der Waals surface area contributed by atoms with Crippen molar-refractivity contribution in [2.45, 2.75) is 83.5 Å². The van der Waals surface area contributed by atoms with E-state index in [9.17, 15) is 9.59 Å². The van der Waals surface area contributed by atoms with Gasteiger partial charge in [0.25, 0.3) is 0 Å². The molecule has 2 atom stereocenters. The van der Waals surface area contributed by atoms with Gasteiger partial charge in [0.05, 0.1) is 0 Å². The summed E-state index contributed by atoms with van der Waals surface area (Å²) in [4.78, 5) is 26.5. The van der Waals surface area contributed by atoms with Crippen LogP contribution in [0.5, 0.6) is 0 Å². The van der Waals surface area contributed by atoms with Crippen molar-refractivity contribution >= 4 is 11.8 Å². The lowest BCUT2D eigenvalue weighted by Gasteiger charge is -2.41. The number of rotatable bonds is 6. The quantitative estimate of drug-likeness (QED) is 0.791. The van der Waals surface area contributed by atoms with E-state index in [1.807, 2.05) is 0 Å². The predicted molar refractivity (Wildman–Crippen MR) is 100 cm³/mol. The van der Waals surface area contributed by atoms with Gasteiger partial charge in [0.2, 0.25) is 11.8 Å². The highest BCUT2D eigenvalue weighted by Gasteiger charge is 2.32. The number of amides is 2. The standard InChI is InChI=1S/C21H36N2O2/c24-20(11-10-17-6-2-1-3-7-17)22-14-12-21(25)23-15-13-18-8-4-5-9-19(18)16-23/h17-19H,1-16H2,(H,22,24). The van der Waals surface area contributed by atoms with Crippen LogP contribution in [0.2, 0.25) is 0 Å². The molecule has 2 amide bonds. The van der Waals surface area contributed by atoms with E-state index >= 15 is 0 Å². The third-order valence-electron chi connectivity index (χ3n) is 6.81. The molecule has 1 heterocycles. The zero-order valence-corrected chi connectivity index (χ0v) is 15.8. The summed E-state index contributed by atoms with van der Waals surface area (Å²) < 4.78 is 0. The summed E-state index contributed by atoms with van der Waals surface area (Å²) in [5.74, 6) is 2.70. The minimum absolute atomic E-state index is 0.129. The Bertz CT molecular complexity index is 445. The van der Waals surface area contributed by atoms with Gasteiger partial charge in [-0.3, -0.25) is 9.59 Å². The van der Waals surface area contributed by atoms with Crippen LogP contribution in [0.4, 0.5) is 0 Å². The molecule has 1 N–H and O–H groups in total. The van der Waals surface area contributed by atoms with Gasteiger partial charge in [0, 0.05) is 32.5 Å². The monoisotopic (exact) mass is 348 g/mol. The maximum absolute atomic E-state index is 12.4. The van der Waals surface area contributed by atoms with Crippen molar-refractivity contribution in [3.8, 4) is 0 Å². The molecular formula is C21H36N2O2. The average Bonchev–Trinajstić information content (AvgIpc) is 2.66. The number of likely N-dealkylation sites (tertiary alicyclic amines) is 1. The van der Waals surface area contributed by atoms with Gasteiger partial charge < -0.3 is 10.2 Å². The molecule has 4 heteroatoms. The molecule has 3 aliphatic rings. The highest BCUT2D eigenvalue weighted by molar-refractivity contribution is 5.79. The van der Waals surface area contributed by atoms with E-state index in [0.29, 0.717) is 19.4 Å². The van der Waals surface area contributed by atoms with Gasteiger partial charge in [0.15, 0.2) is 0 Å². The van der Waals surface area contributed by atoms with E-state index in [4.69, 9.17) is 0 Å². The Morgan fingerprint density at radius 2 is 1.56 bits per heavy atom.